The third kappa shape index (κ3) is 4.80. The van der Waals surface area contributed by atoms with Gasteiger partial charge in [-0.25, -0.2) is 4.39 Å². The lowest BCUT2D eigenvalue weighted by atomic mass is 9.78. The molecule has 0 spiro atoms. The molecule has 0 unspecified atom stereocenters. The van der Waals surface area contributed by atoms with E-state index in [1.165, 1.54) is 37.7 Å². The second-order valence-corrected chi connectivity index (χ2v) is 5.13. The van der Waals surface area contributed by atoms with Gasteiger partial charge in [-0.2, -0.15) is 0 Å². The summed E-state index contributed by atoms with van der Waals surface area (Å²) in [7, 11) is 0. The highest BCUT2D eigenvalue weighted by Gasteiger charge is 2.19. The van der Waals surface area contributed by atoms with Gasteiger partial charge in [-0.15, -0.1) is 0 Å². The fourth-order valence-electron chi connectivity index (χ4n) is 2.80. The van der Waals surface area contributed by atoms with Crippen molar-refractivity contribution in [1.82, 2.24) is 0 Å². The monoisotopic (exact) mass is 250 g/mol. The minimum atomic E-state index is -0.126. The Morgan fingerprint density at radius 1 is 0.944 bits per heavy atom. The summed E-state index contributed by atoms with van der Waals surface area (Å²) in [4.78, 5) is 0. The van der Waals surface area contributed by atoms with Crippen molar-refractivity contribution in [3.63, 3.8) is 0 Å². The predicted octanol–water partition coefficient (Wildman–Crippen LogP) is 5.61. The van der Waals surface area contributed by atoms with E-state index in [2.05, 4.69) is 6.92 Å². The molecule has 0 amide bonds. The zero-order chi connectivity index (χ0) is 13.4. The standard InChI is InChI=1S/C15H21F.C2H6/c1-2-12-3-5-13(6-4-12)11-14-7-9-15(16)10-8-14;1-2/h7-10,12-13H,2-6,11H2,1H3;1-2H3. The molecule has 0 aromatic heterocycles. The van der Waals surface area contributed by atoms with E-state index >= 15 is 0 Å². The van der Waals surface area contributed by atoms with Crippen molar-refractivity contribution in [3.05, 3.63) is 35.6 Å². The Bertz CT molecular complexity index is 307. The van der Waals surface area contributed by atoms with Crippen LogP contribution in [0.25, 0.3) is 0 Å². The lowest BCUT2D eigenvalue weighted by Gasteiger charge is -2.27. The van der Waals surface area contributed by atoms with Gasteiger partial charge in [0.2, 0.25) is 0 Å². The van der Waals surface area contributed by atoms with Gasteiger partial charge in [0, 0.05) is 0 Å². The van der Waals surface area contributed by atoms with E-state index in [1.807, 2.05) is 26.0 Å². The summed E-state index contributed by atoms with van der Waals surface area (Å²) < 4.78 is 12.8. The van der Waals surface area contributed by atoms with Crippen LogP contribution in [0.2, 0.25) is 0 Å². The second kappa shape index (κ2) is 8.29. The summed E-state index contributed by atoms with van der Waals surface area (Å²) in [6.07, 6.45) is 7.97. The third-order valence-electron chi connectivity index (χ3n) is 3.98. The molecule has 2 rings (SSSR count). The largest absolute Gasteiger partial charge is 0.207 e. The molecular weight excluding hydrogens is 223 g/mol. The van der Waals surface area contributed by atoms with Crippen LogP contribution < -0.4 is 0 Å². The topological polar surface area (TPSA) is 0 Å². The molecule has 102 valence electrons. The van der Waals surface area contributed by atoms with Crippen LogP contribution >= 0.6 is 0 Å². The number of halogens is 1. The van der Waals surface area contributed by atoms with Crippen LogP contribution in [-0.2, 0) is 6.42 Å². The summed E-state index contributed by atoms with van der Waals surface area (Å²) >= 11 is 0. The molecule has 0 bridgehead atoms. The molecule has 0 N–H and O–H groups in total. The van der Waals surface area contributed by atoms with E-state index in [9.17, 15) is 4.39 Å². The van der Waals surface area contributed by atoms with Crippen LogP contribution in [0.3, 0.4) is 0 Å². The Kier molecular flexibility index (Phi) is 7.00. The molecule has 0 aliphatic heterocycles. The van der Waals surface area contributed by atoms with Crippen molar-refractivity contribution in [3.8, 4) is 0 Å². The molecule has 0 radical (unpaired) electrons. The van der Waals surface area contributed by atoms with E-state index in [0.29, 0.717) is 0 Å². The quantitative estimate of drug-likeness (QED) is 0.654. The second-order valence-electron chi connectivity index (χ2n) is 5.13. The zero-order valence-electron chi connectivity index (χ0n) is 12.1. The zero-order valence-corrected chi connectivity index (χ0v) is 12.1. The fraction of sp³-hybridized carbons (Fsp3) is 0.647. The van der Waals surface area contributed by atoms with Crippen LogP contribution in [0.4, 0.5) is 4.39 Å². The molecule has 1 fully saturated rings. The number of hydrogen-bond acceptors (Lipinski definition) is 0. The lowest BCUT2D eigenvalue weighted by Crippen LogP contribution is -2.15. The first-order valence-electron chi connectivity index (χ1n) is 7.52. The minimum absolute atomic E-state index is 0.126. The van der Waals surface area contributed by atoms with Crippen molar-refractivity contribution in [2.75, 3.05) is 0 Å². The number of benzene rings is 1. The molecule has 1 aliphatic rings. The van der Waals surface area contributed by atoms with Crippen LogP contribution in [0.15, 0.2) is 24.3 Å². The molecule has 0 nitrogen and oxygen atoms in total. The van der Waals surface area contributed by atoms with E-state index in [1.54, 1.807) is 12.1 Å². The molecule has 18 heavy (non-hydrogen) atoms. The van der Waals surface area contributed by atoms with Crippen LogP contribution in [0.1, 0.15) is 58.4 Å². The van der Waals surface area contributed by atoms with Crippen LogP contribution in [-0.4, -0.2) is 0 Å². The average molecular weight is 250 g/mol. The van der Waals surface area contributed by atoms with E-state index < -0.39 is 0 Å². The van der Waals surface area contributed by atoms with Gasteiger partial charge >= 0.3 is 0 Å². The normalized spacial score (nSPS) is 23.1. The Labute approximate surface area is 112 Å². The maximum Gasteiger partial charge on any atom is 0.123 e. The van der Waals surface area contributed by atoms with Gasteiger partial charge in [-0.05, 0) is 48.8 Å². The maximum atomic E-state index is 12.8. The Morgan fingerprint density at radius 2 is 1.44 bits per heavy atom. The molecule has 1 aromatic rings. The Balaban J connectivity index is 0.000000771. The summed E-state index contributed by atoms with van der Waals surface area (Å²) in [6, 6.07) is 7.02. The minimum Gasteiger partial charge on any atom is -0.207 e. The summed E-state index contributed by atoms with van der Waals surface area (Å²) in [6.45, 7) is 6.30. The molecule has 1 heteroatoms. The highest BCUT2D eigenvalue weighted by atomic mass is 19.1. The smallest absolute Gasteiger partial charge is 0.123 e. The SMILES string of the molecule is CC.CCC1CCC(Cc2ccc(F)cc2)CC1. The molecule has 1 aromatic carbocycles. The highest BCUT2D eigenvalue weighted by Crippen LogP contribution is 2.32. The summed E-state index contributed by atoms with van der Waals surface area (Å²) in [5.74, 6) is 1.66. The molecule has 0 atom stereocenters. The maximum absolute atomic E-state index is 12.8. The molecule has 0 heterocycles. The predicted molar refractivity (Wildman–Crippen MR) is 77.2 cm³/mol. The van der Waals surface area contributed by atoms with Gasteiger partial charge in [0.05, 0.1) is 0 Å². The van der Waals surface area contributed by atoms with E-state index in [-0.39, 0.29) is 5.82 Å². The van der Waals surface area contributed by atoms with E-state index in [0.717, 1.165) is 18.3 Å². The van der Waals surface area contributed by atoms with Gasteiger partial charge in [-0.3, -0.25) is 0 Å². The highest BCUT2D eigenvalue weighted by molar-refractivity contribution is 5.16. The van der Waals surface area contributed by atoms with Gasteiger partial charge in [-0.1, -0.05) is 52.2 Å². The van der Waals surface area contributed by atoms with Gasteiger partial charge < -0.3 is 0 Å². The first-order valence-corrected chi connectivity index (χ1v) is 7.52. The van der Waals surface area contributed by atoms with Gasteiger partial charge in [0.25, 0.3) is 0 Å². The molecular formula is C17H27F. The molecule has 0 saturated heterocycles. The fourth-order valence-corrected chi connectivity index (χ4v) is 2.80. The van der Waals surface area contributed by atoms with Crippen molar-refractivity contribution in [1.29, 1.82) is 0 Å². The Hall–Kier alpha value is -0.850. The van der Waals surface area contributed by atoms with Gasteiger partial charge in [0.15, 0.2) is 0 Å². The van der Waals surface area contributed by atoms with E-state index in [4.69, 9.17) is 0 Å². The van der Waals surface area contributed by atoms with Gasteiger partial charge in [0.1, 0.15) is 5.82 Å². The van der Waals surface area contributed by atoms with Crippen molar-refractivity contribution >= 4 is 0 Å². The molecule has 1 aliphatic carbocycles. The number of hydrogen-bond donors (Lipinski definition) is 0. The third-order valence-corrected chi connectivity index (χ3v) is 3.98. The summed E-state index contributed by atoms with van der Waals surface area (Å²) in [5, 5.41) is 0. The van der Waals surface area contributed by atoms with Crippen molar-refractivity contribution in [2.45, 2.75) is 59.3 Å². The molecule has 1 saturated carbocycles. The van der Waals surface area contributed by atoms with Crippen LogP contribution in [0, 0.1) is 17.7 Å². The first-order chi connectivity index (χ1) is 8.78. The Morgan fingerprint density at radius 3 is 1.94 bits per heavy atom. The summed E-state index contributed by atoms with van der Waals surface area (Å²) in [5.41, 5.74) is 1.29. The number of rotatable bonds is 3. The lowest BCUT2D eigenvalue weighted by molar-refractivity contribution is 0.268. The first kappa shape index (κ1) is 15.2. The van der Waals surface area contributed by atoms with Crippen LogP contribution in [0.5, 0.6) is 0 Å². The van der Waals surface area contributed by atoms with Crippen molar-refractivity contribution in [2.24, 2.45) is 11.8 Å². The average Bonchev–Trinajstić information content (AvgIpc) is 2.44. The van der Waals surface area contributed by atoms with Crippen molar-refractivity contribution < 1.29 is 4.39 Å².